The van der Waals surface area contributed by atoms with Gasteiger partial charge in [-0.25, -0.2) is 9.78 Å². The average molecular weight is 347 g/mol. The first-order valence-electron chi connectivity index (χ1n) is 6.73. The van der Waals surface area contributed by atoms with Crippen LogP contribution in [0.3, 0.4) is 0 Å². The van der Waals surface area contributed by atoms with E-state index < -0.39 is 16.8 Å². The predicted octanol–water partition coefficient (Wildman–Crippen LogP) is 2.95. The highest BCUT2D eigenvalue weighted by atomic mass is 32.1. The molecular weight excluding hydrogens is 334 g/mol. The van der Waals surface area contributed by atoms with Crippen LogP contribution >= 0.6 is 11.3 Å². The van der Waals surface area contributed by atoms with Crippen LogP contribution in [0.2, 0.25) is 0 Å². The van der Waals surface area contributed by atoms with Gasteiger partial charge in [0.2, 0.25) is 0 Å². The van der Waals surface area contributed by atoms with Gasteiger partial charge in [0.15, 0.2) is 5.13 Å². The van der Waals surface area contributed by atoms with Crippen molar-refractivity contribution >= 4 is 34.0 Å². The predicted molar refractivity (Wildman–Crippen MR) is 88.4 cm³/mol. The summed E-state index contributed by atoms with van der Waals surface area (Å²) in [7, 11) is 0. The summed E-state index contributed by atoms with van der Waals surface area (Å²) >= 11 is 0.966. The maximum atomic E-state index is 12.2. The van der Waals surface area contributed by atoms with Gasteiger partial charge in [0.1, 0.15) is 11.5 Å². The third kappa shape index (κ3) is 4.02. The van der Waals surface area contributed by atoms with Crippen molar-refractivity contribution in [2.24, 2.45) is 0 Å². The van der Waals surface area contributed by atoms with Crippen LogP contribution in [-0.4, -0.2) is 28.4 Å². The second-order valence-electron chi connectivity index (χ2n) is 4.58. The zero-order chi connectivity index (χ0) is 17.7. The topological polar surface area (TPSA) is 111 Å². The Balaban J connectivity index is 2.15. The number of nitrogens with one attached hydrogen (secondary N) is 1. The van der Waals surface area contributed by atoms with Gasteiger partial charge in [-0.05, 0) is 13.0 Å². The van der Waals surface area contributed by atoms with Crippen LogP contribution in [0.5, 0.6) is 0 Å². The number of hydrogen-bond acceptors (Lipinski definition) is 7. The van der Waals surface area contributed by atoms with Gasteiger partial charge >= 0.3 is 5.97 Å². The number of thiazole rings is 1. The van der Waals surface area contributed by atoms with Crippen LogP contribution in [0, 0.1) is 17.0 Å². The first-order chi connectivity index (χ1) is 11.4. The Hall–Kier alpha value is -3.07. The van der Waals surface area contributed by atoms with E-state index in [-0.39, 0.29) is 27.9 Å². The zero-order valence-electron chi connectivity index (χ0n) is 12.6. The SMILES string of the molecule is C=CCOC(=O)c1sc(NC(=O)c2cccc([N+](=O)[O-])c2)nc1C. The lowest BCUT2D eigenvalue weighted by Crippen LogP contribution is -2.11. The van der Waals surface area contributed by atoms with Crippen LogP contribution in [0.4, 0.5) is 10.8 Å². The number of aromatic nitrogens is 1. The third-order valence-electron chi connectivity index (χ3n) is 2.85. The number of nitrogens with zero attached hydrogens (tertiary/aromatic N) is 2. The maximum absolute atomic E-state index is 12.2. The quantitative estimate of drug-likeness (QED) is 0.372. The molecule has 0 fully saturated rings. The summed E-state index contributed by atoms with van der Waals surface area (Å²) < 4.78 is 4.93. The molecule has 8 nitrogen and oxygen atoms in total. The number of ether oxygens (including phenoxy) is 1. The van der Waals surface area contributed by atoms with E-state index >= 15 is 0 Å². The molecule has 0 aliphatic heterocycles. The molecule has 0 unspecified atom stereocenters. The van der Waals surface area contributed by atoms with Crippen molar-refractivity contribution in [2.75, 3.05) is 11.9 Å². The van der Waals surface area contributed by atoms with Gasteiger partial charge in [-0.1, -0.05) is 30.1 Å². The lowest BCUT2D eigenvalue weighted by molar-refractivity contribution is -0.384. The van der Waals surface area contributed by atoms with Gasteiger partial charge in [0.05, 0.1) is 10.6 Å². The first kappa shape index (κ1) is 17.3. The van der Waals surface area contributed by atoms with Crippen molar-refractivity contribution in [3.05, 3.63) is 63.2 Å². The summed E-state index contributed by atoms with van der Waals surface area (Å²) in [5.74, 6) is -1.11. The molecule has 0 aliphatic rings. The van der Waals surface area contributed by atoms with E-state index in [0.29, 0.717) is 5.69 Å². The molecule has 0 saturated heterocycles. The molecule has 1 heterocycles. The van der Waals surface area contributed by atoms with Gasteiger partial charge in [0, 0.05) is 17.7 Å². The van der Waals surface area contributed by atoms with Crippen molar-refractivity contribution in [1.29, 1.82) is 0 Å². The van der Waals surface area contributed by atoms with E-state index in [9.17, 15) is 19.7 Å². The van der Waals surface area contributed by atoms with Crippen LogP contribution in [0.15, 0.2) is 36.9 Å². The number of rotatable bonds is 6. The summed E-state index contributed by atoms with van der Waals surface area (Å²) in [4.78, 5) is 38.5. The Morgan fingerprint density at radius 2 is 2.25 bits per heavy atom. The van der Waals surface area contributed by atoms with Crippen molar-refractivity contribution in [1.82, 2.24) is 4.98 Å². The minimum absolute atomic E-state index is 0.0749. The van der Waals surface area contributed by atoms with E-state index in [0.717, 1.165) is 17.4 Å². The molecule has 0 saturated carbocycles. The molecule has 0 atom stereocenters. The van der Waals surface area contributed by atoms with E-state index in [1.54, 1.807) is 6.92 Å². The number of carbonyl (C=O) groups is 2. The van der Waals surface area contributed by atoms with Crippen molar-refractivity contribution in [3.8, 4) is 0 Å². The van der Waals surface area contributed by atoms with Gasteiger partial charge in [0.25, 0.3) is 11.6 Å². The number of anilines is 1. The highest BCUT2D eigenvalue weighted by Gasteiger charge is 2.18. The van der Waals surface area contributed by atoms with Gasteiger partial charge in [-0.2, -0.15) is 0 Å². The summed E-state index contributed by atoms with van der Waals surface area (Å²) in [5, 5.41) is 13.5. The molecule has 1 aromatic carbocycles. The lowest BCUT2D eigenvalue weighted by Gasteiger charge is -2.01. The van der Waals surface area contributed by atoms with Crippen molar-refractivity contribution < 1.29 is 19.2 Å². The number of amides is 1. The number of benzene rings is 1. The smallest absolute Gasteiger partial charge is 0.350 e. The van der Waals surface area contributed by atoms with E-state index in [4.69, 9.17) is 4.74 Å². The minimum atomic E-state index is -0.585. The molecule has 0 radical (unpaired) electrons. The summed E-state index contributed by atoms with van der Waals surface area (Å²) in [6, 6.07) is 5.31. The number of nitro groups is 1. The molecule has 124 valence electrons. The molecule has 0 aliphatic carbocycles. The van der Waals surface area contributed by atoms with Gasteiger partial charge in [-0.15, -0.1) is 0 Å². The largest absolute Gasteiger partial charge is 0.457 e. The van der Waals surface area contributed by atoms with Crippen LogP contribution < -0.4 is 5.32 Å². The standard InChI is InChI=1S/C15H13N3O5S/c1-3-7-23-14(20)12-9(2)16-15(24-12)17-13(19)10-5-4-6-11(8-10)18(21)22/h3-6,8H,1,7H2,2H3,(H,16,17,19). The summed E-state index contributed by atoms with van der Waals surface area (Å²) in [6.07, 6.45) is 1.44. The molecular formula is C15H13N3O5S. The second-order valence-corrected chi connectivity index (χ2v) is 5.58. The Labute approximate surface area is 140 Å². The molecule has 2 rings (SSSR count). The summed E-state index contributed by atoms with van der Waals surface area (Å²) in [5.41, 5.74) is 0.350. The Morgan fingerprint density at radius 3 is 2.92 bits per heavy atom. The van der Waals surface area contributed by atoms with Crippen LogP contribution in [-0.2, 0) is 4.74 Å². The number of non-ortho nitro benzene ring substituents is 1. The Morgan fingerprint density at radius 1 is 1.50 bits per heavy atom. The average Bonchev–Trinajstić information content (AvgIpc) is 2.93. The van der Waals surface area contributed by atoms with Gasteiger partial charge < -0.3 is 4.74 Å². The number of carbonyl (C=O) groups excluding carboxylic acids is 2. The monoisotopic (exact) mass is 347 g/mol. The maximum Gasteiger partial charge on any atom is 0.350 e. The van der Waals surface area contributed by atoms with E-state index in [1.807, 2.05) is 0 Å². The number of nitro benzene ring substituents is 1. The van der Waals surface area contributed by atoms with Gasteiger partial charge in [-0.3, -0.25) is 20.2 Å². The molecule has 1 amide bonds. The van der Waals surface area contributed by atoms with Crippen molar-refractivity contribution in [3.63, 3.8) is 0 Å². The fraction of sp³-hybridized carbons (Fsp3) is 0.133. The Kier molecular flexibility index (Phi) is 5.38. The number of esters is 1. The highest BCUT2D eigenvalue weighted by Crippen LogP contribution is 2.24. The highest BCUT2D eigenvalue weighted by molar-refractivity contribution is 7.17. The van der Waals surface area contributed by atoms with E-state index in [1.165, 1.54) is 24.3 Å². The lowest BCUT2D eigenvalue weighted by atomic mass is 10.2. The van der Waals surface area contributed by atoms with Crippen LogP contribution in [0.1, 0.15) is 25.7 Å². The molecule has 24 heavy (non-hydrogen) atoms. The third-order valence-corrected chi connectivity index (χ3v) is 3.91. The second kappa shape index (κ2) is 7.47. The normalized spacial score (nSPS) is 10.0. The first-order valence-corrected chi connectivity index (χ1v) is 7.55. The molecule has 1 N–H and O–H groups in total. The minimum Gasteiger partial charge on any atom is -0.457 e. The molecule has 9 heteroatoms. The molecule has 1 aromatic heterocycles. The fourth-order valence-corrected chi connectivity index (χ4v) is 2.62. The van der Waals surface area contributed by atoms with E-state index in [2.05, 4.69) is 16.9 Å². The molecule has 0 spiro atoms. The molecule has 2 aromatic rings. The number of hydrogen-bond donors (Lipinski definition) is 1. The zero-order valence-corrected chi connectivity index (χ0v) is 13.5. The Bertz CT molecular complexity index is 815. The number of aryl methyl sites for hydroxylation is 1. The van der Waals surface area contributed by atoms with Crippen molar-refractivity contribution in [2.45, 2.75) is 6.92 Å². The molecule has 0 bridgehead atoms. The summed E-state index contributed by atoms with van der Waals surface area (Å²) in [6.45, 7) is 5.14. The fourth-order valence-electron chi connectivity index (χ4n) is 1.77. The van der Waals surface area contributed by atoms with Crippen LogP contribution in [0.25, 0.3) is 0 Å².